The van der Waals surface area contributed by atoms with Gasteiger partial charge in [-0.05, 0) is 66.1 Å². The molecule has 0 fully saturated rings. The molecule has 30 heavy (non-hydrogen) atoms. The van der Waals surface area contributed by atoms with Crippen molar-refractivity contribution in [1.29, 1.82) is 0 Å². The standard InChI is InChI=1S/C22H26N4O3S/c1-3-23-21(25-15-22(2,28)17-10-12-30-14-17)24-13-16-6-8-18(9-7-16)26-20(27)19-5-4-11-29-19/h4-12,14,28H,3,13,15H2,1-2H3,(H,26,27)(H2,23,24,25). The first-order chi connectivity index (χ1) is 14.5. The molecule has 2 aromatic heterocycles. The molecular formula is C22H26N4O3S. The SMILES string of the molecule is CCNC(=NCc1ccc(NC(=O)c2ccco2)cc1)NCC(C)(O)c1ccsc1. The molecular weight excluding hydrogens is 400 g/mol. The summed E-state index contributed by atoms with van der Waals surface area (Å²) in [6.45, 7) is 5.28. The normalized spacial score (nSPS) is 13.5. The number of hydrogen-bond acceptors (Lipinski definition) is 5. The first-order valence-corrected chi connectivity index (χ1v) is 10.6. The predicted octanol–water partition coefficient (Wildman–Crippen LogP) is 3.56. The number of rotatable bonds is 8. The summed E-state index contributed by atoms with van der Waals surface area (Å²) in [7, 11) is 0. The molecule has 0 aliphatic heterocycles. The molecule has 8 heteroatoms. The third kappa shape index (κ3) is 5.95. The minimum absolute atomic E-state index is 0.267. The number of thiophene rings is 1. The lowest BCUT2D eigenvalue weighted by atomic mass is 9.99. The van der Waals surface area contributed by atoms with Crippen LogP contribution in [0.4, 0.5) is 5.69 Å². The molecule has 158 valence electrons. The lowest BCUT2D eigenvalue weighted by Gasteiger charge is -2.24. The van der Waals surface area contributed by atoms with E-state index in [4.69, 9.17) is 4.42 Å². The fourth-order valence-corrected chi connectivity index (χ4v) is 3.52. The van der Waals surface area contributed by atoms with Gasteiger partial charge in [-0.25, -0.2) is 4.99 Å². The van der Waals surface area contributed by atoms with Gasteiger partial charge in [0.15, 0.2) is 11.7 Å². The number of nitrogens with one attached hydrogen (secondary N) is 3. The Morgan fingerprint density at radius 3 is 2.63 bits per heavy atom. The summed E-state index contributed by atoms with van der Waals surface area (Å²) < 4.78 is 5.09. The van der Waals surface area contributed by atoms with Crippen molar-refractivity contribution in [1.82, 2.24) is 10.6 Å². The fourth-order valence-electron chi connectivity index (χ4n) is 2.73. The number of hydrogen-bond donors (Lipinski definition) is 4. The molecule has 1 amide bonds. The van der Waals surface area contributed by atoms with Crippen LogP contribution in [0.15, 0.2) is 68.9 Å². The van der Waals surface area contributed by atoms with Gasteiger partial charge in [-0.1, -0.05) is 12.1 Å². The average Bonchev–Trinajstić information content (AvgIpc) is 3.46. The maximum atomic E-state index is 12.0. The van der Waals surface area contributed by atoms with Crippen LogP contribution in [-0.4, -0.2) is 30.1 Å². The van der Waals surface area contributed by atoms with Crippen molar-refractivity contribution < 1.29 is 14.3 Å². The summed E-state index contributed by atoms with van der Waals surface area (Å²) in [6, 6.07) is 12.7. The van der Waals surface area contributed by atoms with E-state index in [1.807, 2.05) is 48.0 Å². The summed E-state index contributed by atoms with van der Waals surface area (Å²) in [5, 5.41) is 23.7. The smallest absolute Gasteiger partial charge is 0.291 e. The van der Waals surface area contributed by atoms with E-state index in [-0.39, 0.29) is 11.7 Å². The largest absolute Gasteiger partial charge is 0.459 e. The summed E-state index contributed by atoms with van der Waals surface area (Å²) >= 11 is 1.56. The highest BCUT2D eigenvalue weighted by Crippen LogP contribution is 2.22. The van der Waals surface area contributed by atoms with Gasteiger partial charge < -0.3 is 25.5 Å². The number of nitrogens with zero attached hydrogens (tertiary/aromatic N) is 1. The first-order valence-electron chi connectivity index (χ1n) is 9.69. The van der Waals surface area contributed by atoms with Crippen LogP contribution in [0.2, 0.25) is 0 Å². The van der Waals surface area contributed by atoms with Gasteiger partial charge in [-0.15, -0.1) is 0 Å². The van der Waals surface area contributed by atoms with Crippen LogP contribution in [0.5, 0.6) is 0 Å². The highest BCUT2D eigenvalue weighted by molar-refractivity contribution is 7.08. The molecule has 0 radical (unpaired) electrons. The zero-order chi connectivity index (χ0) is 21.4. The van der Waals surface area contributed by atoms with E-state index in [9.17, 15) is 9.90 Å². The van der Waals surface area contributed by atoms with Crippen molar-refractivity contribution >= 4 is 28.9 Å². The maximum Gasteiger partial charge on any atom is 0.291 e. The second-order valence-electron chi connectivity index (χ2n) is 6.96. The molecule has 1 unspecified atom stereocenters. The van der Waals surface area contributed by atoms with E-state index in [0.717, 1.165) is 11.1 Å². The van der Waals surface area contributed by atoms with Crippen LogP contribution in [0.1, 0.15) is 35.5 Å². The van der Waals surface area contributed by atoms with E-state index < -0.39 is 5.60 Å². The van der Waals surface area contributed by atoms with Crippen molar-refractivity contribution in [2.24, 2.45) is 4.99 Å². The van der Waals surface area contributed by atoms with Gasteiger partial charge >= 0.3 is 0 Å². The van der Waals surface area contributed by atoms with Crippen molar-refractivity contribution in [2.75, 3.05) is 18.4 Å². The van der Waals surface area contributed by atoms with Gasteiger partial charge in [0.2, 0.25) is 0 Å². The third-order valence-electron chi connectivity index (χ3n) is 4.46. The van der Waals surface area contributed by atoms with Crippen molar-refractivity contribution in [3.05, 3.63) is 76.4 Å². The molecule has 0 bridgehead atoms. The molecule has 0 saturated heterocycles. The molecule has 1 aromatic carbocycles. The quantitative estimate of drug-likeness (QED) is 0.326. The van der Waals surface area contributed by atoms with Gasteiger partial charge in [-0.3, -0.25) is 4.79 Å². The zero-order valence-electron chi connectivity index (χ0n) is 17.0. The Bertz CT molecular complexity index is 949. The average molecular weight is 427 g/mol. The second-order valence-corrected chi connectivity index (χ2v) is 7.74. The summed E-state index contributed by atoms with van der Waals surface area (Å²) in [5.74, 6) is 0.605. The molecule has 2 heterocycles. The second kappa shape index (κ2) is 10.1. The molecule has 1 atom stereocenters. The van der Waals surface area contributed by atoms with Gasteiger partial charge in [0.25, 0.3) is 5.91 Å². The molecule has 3 rings (SSSR count). The number of aliphatic hydroxyl groups is 1. The number of carbonyl (C=O) groups is 1. The maximum absolute atomic E-state index is 12.0. The Labute approximate surface area is 179 Å². The van der Waals surface area contributed by atoms with Gasteiger partial charge in [-0.2, -0.15) is 11.3 Å². The first kappa shape index (κ1) is 21.6. The molecule has 0 saturated carbocycles. The highest BCUT2D eigenvalue weighted by atomic mass is 32.1. The van der Waals surface area contributed by atoms with E-state index in [1.165, 1.54) is 6.26 Å². The van der Waals surface area contributed by atoms with E-state index in [0.29, 0.717) is 31.3 Å². The Morgan fingerprint density at radius 2 is 2.00 bits per heavy atom. The number of anilines is 1. The van der Waals surface area contributed by atoms with Gasteiger partial charge in [0, 0.05) is 12.2 Å². The van der Waals surface area contributed by atoms with E-state index >= 15 is 0 Å². The van der Waals surface area contributed by atoms with Crippen LogP contribution in [-0.2, 0) is 12.1 Å². The van der Waals surface area contributed by atoms with Crippen molar-refractivity contribution in [3.8, 4) is 0 Å². The van der Waals surface area contributed by atoms with Crippen LogP contribution >= 0.6 is 11.3 Å². The molecule has 7 nitrogen and oxygen atoms in total. The minimum Gasteiger partial charge on any atom is -0.459 e. The lowest BCUT2D eigenvalue weighted by Crippen LogP contribution is -2.44. The summed E-state index contributed by atoms with van der Waals surface area (Å²) in [5.41, 5.74) is 1.57. The van der Waals surface area contributed by atoms with Crippen LogP contribution in [0.3, 0.4) is 0 Å². The Hall–Kier alpha value is -3.10. The Morgan fingerprint density at radius 1 is 1.20 bits per heavy atom. The van der Waals surface area contributed by atoms with E-state index in [2.05, 4.69) is 20.9 Å². The zero-order valence-corrected chi connectivity index (χ0v) is 17.8. The Balaban J connectivity index is 1.57. The number of aliphatic imine (C=N–C) groups is 1. The molecule has 4 N–H and O–H groups in total. The van der Waals surface area contributed by atoms with Gasteiger partial charge in [0.1, 0.15) is 5.60 Å². The Kier molecular flexibility index (Phi) is 7.26. The monoisotopic (exact) mass is 426 g/mol. The predicted molar refractivity (Wildman–Crippen MR) is 120 cm³/mol. The number of carbonyl (C=O) groups excluding carboxylic acids is 1. The molecule has 0 spiro atoms. The highest BCUT2D eigenvalue weighted by Gasteiger charge is 2.23. The van der Waals surface area contributed by atoms with Crippen LogP contribution < -0.4 is 16.0 Å². The fraction of sp³-hybridized carbons (Fsp3) is 0.273. The summed E-state index contributed by atoms with van der Waals surface area (Å²) in [6.07, 6.45) is 1.46. The van der Waals surface area contributed by atoms with E-state index in [1.54, 1.807) is 30.4 Å². The number of furan rings is 1. The number of guanidine groups is 1. The molecule has 0 aliphatic carbocycles. The molecule has 3 aromatic rings. The molecule has 0 aliphatic rings. The summed E-state index contributed by atoms with van der Waals surface area (Å²) in [4.78, 5) is 16.6. The minimum atomic E-state index is -0.982. The van der Waals surface area contributed by atoms with Crippen LogP contribution in [0, 0.1) is 0 Å². The lowest BCUT2D eigenvalue weighted by molar-refractivity contribution is 0.0621. The van der Waals surface area contributed by atoms with Gasteiger partial charge in [0.05, 0.1) is 19.4 Å². The van der Waals surface area contributed by atoms with Crippen molar-refractivity contribution in [2.45, 2.75) is 26.0 Å². The number of benzene rings is 1. The van der Waals surface area contributed by atoms with Crippen LogP contribution in [0.25, 0.3) is 0 Å². The van der Waals surface area contributed by atoms with Crippen molar-refractivity contribution in [3.63, 3.8) is 0 Å². The topological polar surface area (TPSA) is 98.9 Å². The number of amides is 1. The third-order valence-corrected chi connectivity index (χ3v) is 5.15.